The number of nitrogen functional groups attached to an aromatic ring is 1. The molecule has 4 N–H and O–H groups in total. The lowest BCUT2D eigenvalue weighted by Crippen LogP contribution is -2.23. The molecule has 1 aliphatic carbocycles. The molecule has 0 amide bonds. The molecule has 1 saturated carbocycles. The van der Waals surface area contributed by atoms with Crippen molar-refractivity contribution in [3.8, 4) is 0 Å². The zero-order valence-corrected chi connectivity index (χ0v) is 12.3. The second kappa shape index (κ2) is 6.06. The van der Waals surface area contributed by atoms with E-state index in [-0.39, 0.29) is 11.9 Å². The molecule has 0 spiro atoms. The Kier molecular flexibility index (Phi) is 4.66. The Hall–Kier alpha value is -0.560. The first kappa shape index (κ1) is 13.9. The maximum atomic E-state index is 13.4. The van der Waals surface area contributed by atoms with Crippen LogP contribution in [0.5, 0.6) is 0 Å². The van der Waals surface area contributed by atoms with E-state index in [9.17, 15) is 9.50 Å². The largest absolute Gasteiger partial charge is 0.397 e. The van der Waals surface area contributed by atoms with Crippen LogP contribution in [0.2, 0.25) is 0 Å². The Morgan fingerprint density at radius 3 is 2.67 bits per heavy atom. The number of hydrogen-bond acceptors (Lipinski definition) is 3. The van der Waals surface area contributed by atoms with Crippen LogP contribution in [0.1, 0.15) is 25.7 Å². The summed E-state index contributed by atoms with van der Waals surface area (Å²) in [6.07, 6.45) is 3.62. The van der Waals surface area contributed by atoms with Gasteiger partial charge in [-0.3, -0.25) is 0 Å². The third-order valence-electron chi connectivity index (χ3n) is 3.49. The monoisotopic (exact) mass is 364 g/mol. The molecule has 0 aliphatic heterocycles. The van der Waals surface area contributed by atoms with Crippen LogP contribution in [0.25, 0.3) is 0 Å². The third-order valence-corrected chi connectivity index (χ3v) is 4.32. The van der Waals surface area contributed by atoms with E-state index < -0.39 is 0 Å². The van der Waals surface area contributed by atoms with Gasteiger partial charge < -0.3 is 16.2 Å². The number of hydrogen-bond donors (Lipinski definition) is 3. The minimum Gasteiger partial charge on any atom is -0.397 e. The van der Waals surface area contributed by atoms with Gasteiger partial charge in [-0.1, -0.05) is 0 Å². The lowest BCUT2D eigenvalue weighted by molar-refractivity contribution is 0.111. The number of anilines is 2. The summed E-state index contributed by atoms with van der Waals surface area (Å²) in [6, 6.07) is 3.09. The predicted molar refractivity (Wildman–Crippen MR) is 80.0 cm³/mol. The Labute approximate surface area is 120 Å². The Morgan fingerprint density at radius 1 is 1.33 bits per heavy atom. The quantitative estimate of drug-likeness (QED) is 0.571. The molecule has 2 rings (SSSR count). The van der Waals surface area contributed by atoms with Gasteiger partial charge in [-0.2, -0.15) is 0 Å². The highest BCUT2D eigenvalue weighted by Gasteiger charge is 2.19. The van der Waals surface area contributed by atoms with Crippen LogP contribution >= 0.6 is 22.6 Å². The van der Waals surface area contributed by atoms with Crippen molar-refractivity contribution < 1.29 is 9.50 Å². The van der Waals surface area contributed by atoms with Crippen LogP contribution in [0.4, 0.5) is 15.8 Å². The molecule has 1 aromatic carbocycles. The molecular formula is C13H18FIN2O. The number of benzene rings is 1. The molecule has 0 aromatic heterocycles. The molecule has 1 fully saturated rings. The van der Waals surface area contributed by atoms with Gasteiger partial charge in [-0.25, -0.2) is 4.39 Å². The molecule has 100 valence electrons. The minimum atomic E-state index is -0.244. The Morgan fingerprint density at radius 2 is 2.00 bits per heavy atom. The second-order valence-corrected chi connectivity index (χ2v) is 6.07. The van der Waals surface area contributed by atoms with Gasteiger partial charge in [-0.05, 0) is 60.3 Å². The molecule has 0 unspecified atom stereocenters. The van der Waals surface area contributed by atoms with Crippen LogP contribution in [0, 0.1) is 15.3 Å². The Bertz CT molecular complexity index is 420. The SMILES string of the molecule is Nc1cc(I)c(F)cc1NCC1CCC(O)CC1. The van der Waals surface area contributed by atoms with Crippen molar-refractivity contribution in [3.63, 3.8) is 0 Å². The molecule has 0 saturated heterocycles. The Balaban J connectivity index is 1.92. The van der Waals surface area contributed by atoms with E-state index in [1.165, 1.54) is 6.07 Å². The number of aliphatic hydroxyl groups is 1. The fourth-order valence-corrected chi connectivity index (χ4v) is 2.81. The van der Waals surface area contributed by atoms with Crippen molar-refractivity contribution in [3.05, 3.63) is 21.5 Å². The molecule has 5 heteroatoms. The topological polar surface area (TPSA) is 58.3 Å². The smallest absolute Gasteiger partial charge is 0.138 e. The maximum absolute atomic E-state index is 13.4. The minimum absolute atomic E-state index is 0.137. The average Bonchev–Trinajstić information content (AvgIpc) is 2.34. The van der Waals surface area contributed by atoms with E-state index in [2.05, 4.69) is 5.32 Å². The van der Waals surface area contributed by atoms with Gasteiger partial charge in [0.2, 0.25) is 0 Å². The van der Waals surface area contributed by atoms with Crippen LogP contribution in [0.15, 0.2) is 12.1 Å². The standard InChI is InChI=1S/C13H18FIN2O/c14-10-5-13(12(16)6-11(10)15)17-7-8-1-3-9(18)4-2-8/h5-6,8-9,17-18H,1-4,7,16H2. The van der Waals surface area contributed by atoms with E-state index in [0.29, 0.717) is 20.9 Å². The van der Waals surface area contributed by atoms with Crippen molar-refractivity contribution in [1.82, 2.24) is 0 Å². The summed E-state index contributed by atoms with van der Waals surface area (Å²) in [5, 5.41) is 12.6. The van der Waals surface area contributed by atoms with Gasteiger partial charge in [0.1, 0.15) is 5.82 Å². The summed E-state index contributed by atoms with van der Waals surface area (Å²) in [7, 11) is 0. The van der Waals surface area contributed by atoms with Gasteiger partial charge >= 0.3 is 0 Å². The first-order chi connectivity index (χ1) is 8.56. The van der Waals surface area contributed by atoms with Gasteiger partial charge in [0.25, 0.3) is 0 Å². The van der Waals surface area contributed by atoms with E-state index in [1.807, 2.05) is 22.6 Å². The van der Waals surface area contributed by atoms with Crippen molar-refractivity contribution in [2.45, 2.75) is 31.8 Å². The van der Waals surface area contributed by atoms with Gasteiger partial charge in [0.15, 0.2) is 0 Å². The molecule has 0 atom stereocenters. The summed E-state index contributed by atoms with van der Waals surface area (Å²) in [4.78, 5) is 0. The molecular weight excluding hydrogens is 346 g/mol. The van der Waals surface area contributed by atoms with E-state index >= 15 is 0 Å². The first-order valence-corrected chi connectivity index (χ1v) is 7.30. The van der Waals surface area contributed by atoms with E-state index in [0.717, 1.165) is 32.2 Å². The molecule has 0 heterocycles. The molecule has 1 aliphatic rings. The zero-order chi connectivity index (χ0) is 13.1. The maximum Gasteiger partial charge on any atom is 0.138 e. The fraction of sp³-hybridized carbons (Fsp3) is 0.538. The highest BCUT2D eigenvalue weighted by atomic mass is 127. The molecule has 1 aromatic rings. The predicted octanol–water partition coefficient (Wildman–Crippen LogP) is 2.98. The molecule has 3 nitrogen and oxygen atoms in total. The summed E-state index contributed by atoms with van der Waals surface area (Å²) in [5.74, 6) is 0.293. The van der Waals surface area contributed by atoms with Crippen molar-refractivity contribution in [2.24, 2.45) is 5.92 Å². The zero-order valence-electron chi connectivity index (χ0n) is 10.1. The average molecular weight is 364 g/mol. The summed E-state index contributed by atoms with van der Waals surface area (Å²) >= 11 is 1.93. The number of nitrogens with two attached hydrogens (primary N) is 1. The fourth-order valence-electron chi connectivity index (χ4n) is 2.32. The normalized spacial score (nSPS) is 23.9. The van der Waals surface area contributed by atoms with Crippen molar-refractivity contribution in [1.29, 1.82) is 0 Å². The summed E-state index contributed by atoms with van der Waals surface area (Å²) in [5.41, 5.74) is 7.10. The first-order valence-electron chi connectivity index (χ1n) is 6.22. The van der Waals surface area contributed by atoms with Crippen LogP contribution < -0.4 is 11.1 Å². The third kappa shape index (κ3) is 3.47. The molecule has 0 radical (unpaired) electrons. The van der Waals surface area contributed by atoms with Crippen LogP contribution in [-0.4, -0.2) is 17.8 Å². The van der Waals surface area contributed by atoms with Crippen LogP contribution in [0.3, 0.4) is 0 Å². The van der Waals surface area contributed by atoms with Gasteiger partial charge in [0.05, 0.1) is 21.0 Å². The molecule has 0 bridgehead atoms. The number of halogens is 2. The second-order valence-electron chi connectivity index (χ2n) is 4.91. The highest BCUT2D eigenvalue weighted by Crippen LogP contribution is 2.27. The number of aliphatic hydroxyl groups excluding tert-OH is 1. The molecule has 18 heavy (non-hydrogen) atoms. The highest BCUT2D eigenvalue weighted by molar-refractivity contribution is 14.1. The van der Waals surface area contributed by atoms with E-state index in [4.69, 9.17) is 5.73 Å². The van der Waals surface area contributed by atoms with Gasteiger partial charge in [0, 0.05) is 12.6 Å². The van der Waals surface area contributed by atoms with Gasteiger partial charge in [-0.15, -0.1) is 0 Å². The summed E-state index contributed by atoms with van der Waals surface area (Å²) < 4.78 is 14.0. The van der Waals surface area contributed by atoms with Crippen LogP contribution in [-0.2, 0) is 0 Å². The number of nitrogens with one attached hydrogen (secondary N) is 1. The summed E-state index contributed by atoms with van der Waals surface area (Å²) in [6.45, 7) is 0.789. The van der Waals surface area contributed by atoms with Crippen molar-refractivity contribution in [2.75, 3.05) is 17.6 Å². The number of rotatable bonds is 3. The van der Waals surface area contributed by atoms with Crippen molar-refractivity contribution >= 4 is 34.0 Å². The lowest BCUT2D eigenvalue weighted by Gasteiger charge is -2.26. The lowest BCUT2D eigenvalue weighted by atomic mass is 9.87. The van der Waals surface area contributed by atoms with E-state index in [1.54, 1.807) is 6.07 Å².